The fraction of sp³-hybridized carbons (Fsp3) is 0.409. The molecular formula is C22H26BrNO4. The van der Waals surface area contributed by atoms with E-state index in [1.807, 2.05) is 30.3 Å². The van der Waals surface area contributed by atoms with Crippen molar-refractivity contribution in [2.24, 2.45) is 0 Å². The summed E-state index contributed by atoms with van der Waals surface area (Å²) in [6, 6.07) is 12.8. The highest BCUT2D eigenvalue weighted by atomic mass is 79.9. The van der Waals surface area contributed by atoms with Crippen molar-refractivity contribution in [2.75, 3.05) is 25.1 Å². The smallest absolute Gasteiger partial charge is 0.255 e. The molecule has 1 unspecified atom stereocenters. The van der Waals surface area contributed by atoms with Crippen molar-refractivity contribution in [3.63, 3.8) is 0 Å². The van der Waals surface area contributed by atoms with Crippen LogP contribution >= 0.6 is 15.9 Å². The summed E-state index contributed by atoms with van der Waals surface area (Å²) >= 11 is 3.49. The van der Waals surface area contributed by atoms with E-state index in [2.05, 4.69) is 28.2 Å². The molecule has 1 aliphatic heterocycles. The third-order valence-electron chi connectivity index (χ3n) is 4.53. The number of hydrogen-bond acceptors (Lipinski definition) is 4. The lowest BCUT2D eigenvalue weighted by molar-refractivity contribution is 0.0682. The van der Waals surface area contributed by atoms with E-state index in [0.29, 0.717) is 30.2 Å². The Balaban J connectivity index is 1.63. The largest absolute Gasteiger partial charge is 0.492 e. The van der Waals surface area contributed by atoms with Gasteiger partial charge in [0.2, 0.25) is 0 Å². The molecule has 6 heteroatoms. The number of para-hydroxylation sites is 2. The highest BCUT2D eigenvalue weighted by Gasteiger charge is 2.17. The summed E-state index contributed by atoms with van der Waals surface area (Å²) in [7, 11) is 0. The Morgan fingerprint density at radius 2 is 2.07 bits per heavy atom. The maximum atomic E-state index is 12.7. The number of amides is 1. The Morgan fingerprint density at radius 1 is 1.21 bits per heavy atom. The van der Waals surface area contributed by atoms with E-state index in [1.165, 1.54) is 0 Å². The average Bonchev–Trinajstić information content (AvgIpc) is 3.22. The molecule has 1 fully saturated rings. The summed E-state index contributed by atoms with van der Waals surface area (Å²) in [5.41, 5.74) is 1.19. The molecule has 1 atom stereocenters. The van der Waals surface area contributed by atoms with Gasteiger partial charge in [0.05, 0.1) is 22.9 Å². The predicted molar refractivity (Wildman–Crippen MR) is 113 cm³/mol. The van der Waals surface area contributed by atoms with E-state index in [0.717, 1.165) is 42.5 Å². The van der Waals surface area contributed by atoms with Crippen molar-refractivity contribution in [3.05, 3.63) is 52.5 Å². The summed E-state index contributed by atoms with van der Waals surface area (Å²) in [4.78, 5) is 12.7. The first-order chi connectivity index (χ1) is 13.7. The van der Waals surface area contributed by atoms with Crippen LogP contribution in [0.1, 0.15) is 43.0 Å². The molecule has 1 saturated heterocycles. The first-order valence-corrected chi connectivity index (χ1v) is 10.5. The lowest BCUT2D eigenvalue weighted by Gasteiger charge is -2.15. The van der Waals surface area contributed by atoms with Crippen molar-refractivity contribution < 1.29 is 19.0 Å². The highest BCUT2D eigenvalue weighted by Crippen LogP contribution is 2.28. The van der Waals surface area contributed by atoms with Crippen molar-refractivity contribution in [1.82, 2.24) is 0 Å². The average molecular weight is 448 g/mol. The Kier molecular flexibility index (Phi) is 7.74. The summed E-state index contributed by atoms with van der Waals surface area (Å²) in [6.07, 6.45) is 4.28. The monoisotopic (exact) mass is 447 g/mol. The molecule has 0 bridgehead atoms. The normalized spacial score (nSPS) is 16.0. The van der Waals surface area contributed by atoms with E-state index >= 15 is 0 Å². The molecular weight excluding hydrogens is 422 g/mol. The molecule has 0 aromatic heterocycles. The Morgan fingerprint density at radius 3 is 2.82 bits per heavy atom. The third-order valence-corrected chi connectivity index (χ3v) is 5.15. The van der Waals surface area contributed by atoms with Crippen LogP contribution in [0.15, 0.2) is 46.9 Å². The summed E-state index contributed by atoms with van der Waals surface area (Å²) in [5, 5.41) is 2.93. The molecule has 1 heterocycles. The Hall–Kier alpha value is -2.05. The number of rotatable bonds is 9. The van der Waals surface area contributed by atoms with Gasteiger partial charge in [0.25, 0.3) is 5.91 Å². The number of nitrogens with one attached hydrogen (secondary N) is 1. The molecule has 0 radical (unpaired) electrons. The van der Waals surface area contributed by atoms with Gasteiger partial charge in [-0.25, -0.2) is 0 Å². The minimum atomic E-state index is -0.200. The number of benzene rings is 2. The first kappa shape index (κ1) is 20.7. The van der Waals surface area contributed by atoms with E-state index in [1.54, 1.807) is 12.1 Å². The van der Waals surface area contributed by atoms with Crippen LogP contribution in [0.2, 0.25) is 0 Å². The highest BCUT2D eigenvalue weighted by molar-refractivity contribution is 9.10. The van der Waals surface area contributed by atoms with Crippen LogP contribution in [0.25, 0.3) is 0 Å². The molecule has 1 amide bonds. The number of halogens is 1. The van der Waals surface area contributed by atoms with Crippen LogP contribution in [0.5, 0.6) is 11.5 Å². The maximum Gasteiger partial charge on any atom is 0.255 e. The van der Waals surface area contributed by atoms with E-state index in [4.69, 9.17) is 14.2 Å². The van der Waals surface area contributed by atoms with E-state index in [-0.39, 0.29) is 12.0 Å². The lowest BCUT2D eigenvalue weighted by atomic mass is 10.2. The van der Waals surface area contributed by atoms with Crippen molar-refractivity contribution in [2.45, 2.75) is 38.7 Å². The second-order valence-electron chi connectivity index (χ2n) is 6.74. The molecule has 1 N–H and O–H groups in total. The Labute approximate surface area is 174 Å². The molecule has 150 valence electrons. The molecule has 0 spiro atoms. The molecule has 0 aliphatic carbocycles. The van der Waals surface area contributed by atoms with Gasteiger partial charge in [-0.05, 0) is 65.5 Å². The molecule has 3 rings (SSSR count). The van der Waals surface area contributed by atoms with Crippen molar-refractivity contribution in [1.29, 1.82) is 0 Å². The number of carbonyl (C=O) groups is 1. The third kappa shape index (κ3) is 5.72. The zero-order valence-corrected chi connectivity index (χ0v) is 17.7. The zero-order valence-electron chi connectivity index (χ0n) is 16.1. The lowest BCUT2D eigenvalue weighted by Crippen LogP contribution is -2.18. The SMILES string of the molecule is CCCCOc1ccc(C(=O)Nc2ccccc2OCC2CCCO2)cc1Br. The fourth-order valence-corrected chi connectivity index (χ4v) is 3.43. The quantitative estimate of drug-likeness (QED) is 0.520. The molecule has 2 aromatic carbocycles. The van der Waals surface area contributed by atoms with Crippen LogP contribution in [0, 0.1) is 0 Å². The predicted octanol–water partition coefficient (Wildman–Crippen LogP) is 5.44. The van der Waals surface area contributed by atoms with Crippen LogP contribution in [-0.2, 0) is 4.74 Å². The van der Waals surface area contributed by atoms with Crippen LogP contribution in [-0.4, -0.2) is 31.8 Å². The number of unbranched alkanes of at least 4 members (excludes halogenated alkanes) is 1. The first-order valence-electron chi connectivity index (χ1n) is 9.74. The maximum absolute atomic E-state index is 12.7. The van der Waals surface area contributed by atoms with Gasteiger partial charge >= 0.3 is 0 Å². The van der Waals surface area contributed by atoms with Crippen molar-refractivity contribution in [3.8, 4) is 11.5 Å². The number of anilines is 1. The molecule has 28 heavy (non-hydrogen) atoms. The van der Waals surface area contributed by atoms with Gasteiger partial charge in [-0.1, -0.05) is 25.5 Å². The minimum Gasteiger partial charge on any atom is -0.492 e. The van der Waals surface area contributed by atoms with Crippen LogP contribution in [0.3, 0.4) is 0 Å². The fourth-order valence-electron chi connectivity index (χ4n) is 2.93. The van der Waals surface area contributed by atoms with Gasteiger partial charge in [0, 0.05) is 12.2 Å². The second-order valence-corrected chi connectivity index (χ2v) is 7.60. The molecule has 1 aliphatic rings. The minimum absolute atomic E-state index is 0.125. The zero-order chi connectivity index (χ0) is 19.8. The van der Waals surface area contributed by atoms with Crippen LogP contribution in [0.4, 0.5) is 5.69 Å². The standard InChI is InChI=1S/C22H26BrNO4/c1-2-3-12-27-20-11-10-16(14-18(20)23)22(25)24-19-8-4-5-9-21(19)28-15-17-7-6-13-26-17/h4-5,8-11,14,17H,2-3,6-7,12-13,15H2,1H3,(H,24,25). The topological polar surface area (TPSA) is 56.8 Å². The van der Waals surface area contributed by atoms with E-state index < -0.39 is 0 Å². The van der Waals surface area contributed by atoms with Gasteiger partial charge in [-0.15, -0.1) is 0 Å². The van der Waals surface area contributed by atoms with Gasteiger partial charge < -0.3 is 19.5 Å². The molecule has 0 saturated carbocycles. The Bertz CT molecular complexity index is 790. The summed E-state index contributed by atoms with van der Waals surface area (Å²) in [6.45, 7) is 4.06. The number of ether oxygens (including phenoxy) is 3. The van der Waals surface area contributed by atoms with E-state index in [9.17, 15) is 4.79 Å². The summed E-state index contributed by atoms with van der Waals surface area (Å²) in [5.74, 6) is 1.18. The van der Waals surface area contributed by atoms with Crippen LogP contribution < -0.4 is 14.8 Å². The number of carbonyl (C=O) groups excluding carboxylic acids is 1. The second kappa shape index (κ2) is 10.5. The summed E-state index contributed by atoms with van der Waals surface area (Å²) < 4.78 is 18.0. The van der Waals surface area contributed by atoms with Crippen molar-refractivity contribution >= 4 is 27.5 Å². The van der Waals surface area contributed by atoms with Gasteiger partial charge in [0.1, 0.15) is 18.1 Å². The molecule has 2 aromatic rings. The van der Waals surface area contributed by atoms with Gasteiger partial charge in [-0.2, -0.15) is 0 Å². The molecule has 5 nitrogen and oxygen atoms in total. The van der Waals surface area contributed by atoms with Gasteiger partial charge in [0.15, 0.2) is 0 Å². The van der Waals surface area contributed by atoms with Gasteiger partial charge in [-0.3, -0.25) is 4.79 Å². The number of hydrogen-bond donors (Lipinski definition) is 1.